The van der Waals surface area contributed by atoms with Gasteiger partial charge in [-0.05, 0) is 23.8 Å². The fraction of sp³-hybridized carbons (Fsp3) is 0.231. The van der Waals surface area contributed by atoms with Crippen molar-refractivity contribution in [2.24, 2.45) is 4.99 Å². The molecule has 1 aliphatic rings. The summed E-state index contributed by atoms with van der Waals surface area (Å²) in [7, 11) is 4.62. The monoisotopic (exact) mass is 520 g/mol. The number of amidine groups is 1. The molecule has 0 saturated heterocycles. The summed E-state index contributed by atoms with van der Waals surface area (Å²) in [5.41, 5.74) is 3.26. The van der Waals surface area contributed by atoms with E-state index < -0.39 is 0 Å². The quantitative estimate of drug-likeness (QED) is 0.429. The number of hydrogen-bond donors (Lipinski definition) is 1. The predicted octanol–water partition coefficient (Wildman–Crippen LogP) is 4.62. The molecule has 4 rings (SSSR count). The molecular weight excluding hydrogens is 496 g/mol. The number of nitrogens with zero attached hydrogens (tertiary/aromatic N) is 3. The van der Waals surface area contributed by atoms with Gasteiger partial charge < -0.3 is 19.5 Å². The normalized spacial score (nSPS) is 12.4. The van der Waals surface area contributed by atoms with Crippen LogP contribution in [0, 0.1) is 11.3 Å². The van der Waals surface area contributed by atoms with E-state index in [9.17, 15) is 10.1 Å². The lowest BCUT2D eigenvalue weighted by atomic mass is 9.98. The van der Waals surface area contributed by atoms with Crippen LogP contribution >= 0.6 is 23.5 Å². The Kier molecular flexibility index (Phi) is 8.36. The highest BCUT2D eigenvalue weighted by atomic mass is 32.2. The summed E-state index contributed by atoms with van der Waals surface area (Å²) in [5.74, 6) is 2.15. The Hall–Kier alpha value is -3.68. The molecule has 2 heterocycles. The molecule has 36 heavy (non-hydrogen) atoms. The predicted molar refractivity (Wildman–Crippen MR) is 143 cm³/mol. The zero-order chi connectivity index (χ0) is 25.5. The van der Waals surface area contributed by atoms with Crippen molar-refractivity contribution >= 4 is 34.6 Å². The summed E-state index contributed by atoms with van der Waals surface area (Å²) in [5, 5.41) is 14.1. The summed E-state index contributed by atoms with van der Waals surface area (Å²) in [4.78, 5) is 21.6. The molecule has 1 aromatic heterocycles. The molecule has 1 N–H and O–H groups in total. The van der Waals surface area contributed by atoms with Crippen LogP contribution in [0.4, 0.5) is 0 Å². The molecule has 3 aromatic rings. The van der Waals surface area contributed by atoms with Crippen LogP contribution in [0.1, 0.15) is 5.56 Å². The van der Waals surface area contributed by atoms with Gasteiger partial charge in [-0.25, -0.2) is 4.98 Å². The van der Waals surface area contributed by atoms with Crippen molar-refractivity contribution in [3.8, 4) is 45.7 Å². The number of hydrogen-bond acceptors (Lipinski definition) is 9. The highest BCUT2D eigenvalue weighted by Gasteiger charge is 2.21. The molecule has 8 nitrogen and oxygen atoms in total. The van der Waals surface area contributed by atoms with Gasteiger partial charge in [-0.2, -0.15) is 5.26 Å². The van der Waals surface area contributed by atoms with Crippen LogP contribution in [0.5, 0.6) is 17.2 Å². The second-order valence-corrected chi connectivity index (χ2v) is 9.55. The number of aromatic nitrogens is 1. The molecule has 0 saturated carbocycles. The van der Waals surface area contributed by atoms with Gasteiger partial charge in [0.2, 0.25) is 11.7 Å². The van der Waals surface area contributed by atoms with Crippen LogP contribution in [0.25, 0.3) is 22.4 Å². The Morgan fingerprint density at radius 3 is 2.39 bits per heavy atom. The minimum atomic E-state index is -0.196. The summed E-state index contributed by atoms with van der Waals surface area (Å²) in [6, 6.07) is 17.4. The third-order valence-corrected chi connectivity index (χ3v) is 7.18. The molecule has 0 fully saturated rings. The van der Waals surface area contributed by atoms with Crippen molar-refractivity contribution in [1.29, 1.82) is 5.26 Å². The fourth-order valence-electron chi connectivity index (χ4n) is 3.66. The SMILES string of the molecule is COc1cc(-c2cc(-c3ccccc3)nc(SCC(=O)NC3=NCCS3)c2C#N)cc(OC)c1OC. The van der Waals surface area contributed by atoms with E-state index in [2.05, 4.69) is 16.4 Å². The van der Waals surface area contributed by atoms with Gasteiger partial charge in [-0.15, -0.1) is 0 Å². The smallest absolute Gasteiger partial charge is 0.236 e. The van der Waals surface area contributed by atoms with Crippen molar-refractivity contribution in [2.75, 3.05) is 39.4 Å². The van der Waals surface area contributed by atoms with E-state index in [1.807, 2.05) is 36.4 Å². The zero-order valence-corrected chi connectivity index (χ0v) is 21.7. The summed E-state index contributed by atoms with van der Waals surface area (Å²) in [6.45, 7) is 0.699. The summed E-state index contributed by atoms with van der Waals surface area (Å²) in [6.07, 6.45) is 0. The Bertz CT molecular complexity index is 1310. The molecule has 0 unspecified atom stereocenters. The Labute approximate surface area is 218 Å². The Balaban J connectivity index is 1.79. The molecule has 184 valence electrons. The van der Waals surface area contributed by atoms with Crippen molar-refractivity contribution in [1.82, 2.24) is 10.3 Å². The van der Waals surface area contributed by atoms with E-state index in [-0.39, 0.29) is 11.7 Å². The lowest BCUT2D eigenvalue weighted by Crippen LogP contribution is -2.28. The molecule has 10 heteroatoms. The molecule has 0 bridgehead atoms. The second kappa shape index (κ2) is 11.8. The maximum absolute atomic E-state index is 12.5. The first-order chi connectivity index (χ1) is 17.6. The molecule has 0 radical (unpaired) electrons. The first kappa shape index (κ1) is 25.4. The highest BCUT2D eigenvalue weighted by Crippen LogP contribution is 2.43. The fourth-order valence-corrected chi connectivity index (χ4v) is 5.20. The molecule has 0 spiro atoms. The average molecular weight is 521 g/mol. The van der Waals surface area contributed by atoms with Crippen LogP contribution in [0.3, 0.4) is 0 Å². The summed E-state index contributed by atoms with van der Waals surface area (Å²) < 4.78 is 16.5. The molecule has 1 amide bonds. The number of rotatable bonds is 8. The van der Waals surface area contributed by atoms with E-state index >= 15 is 0 Å². The maximum atomic E-state index is 12.5. The van der Waals surface area contributed by atoms with Crippen LogP contribution in [0.15, 0.2) is 58.5 Å². The number of aliphatic imine (C=N–C) groups is 1. The number of ether oxygens (including phenoxy) is 3. The van der Waals surface area contributed by atoms with Crippen LogP contribution in [0.2, 0.25) is 0 Å². The number of pyridine rings is 1. The van der Waals surface area contributed by atoms with Gasteiger partial charge in [-0.3, -0.25) is 9.79 Å². The van der Waals surface area contributed by atoms with Crippen molar-refractivity contribution in [2.45, 2.75) is 5.03 Å². The third kappa shape index (κ3) is 5.58. The molecule has 1 aliphatic heterocycles. The Morgan fingerprint density at radius 2 is 1.81 bits per heavy atom. The van der Waals surface area contributed by atoms with E-state index in [0.717, 1.165) is 11.3 Å². The Morgan fingerprint density at radius 1 is 1.08 bits per heavy atom. The first-order valence-electron chi connectivity index (χ1n) is 11.0. The summed E-state index contributed by atoms with van der Waals surface area (Å²) >= 11 is 2.73. The minimum Gasteiger partial charge on any atom is -0.493 e. The lowest BCUT2D eigenvalue weighted by molar-refractivity contribution is -0.117. The maximum Gasteiger partial charge on any atom is 0.236 e. The van der Waals surface area contributed by atoms with Crippen molar-refractivity contribution in [3.63, 3.8) is 0 Å². The molecular formula is C26H24N4O4S2. The standard InChI is InChI=1S/C26H24N4O4S2/c1-32-21-11-17(12-22(33-2)24(21)34-3)18-13-20(16-7-5-4-6-8-16)29-25(19(18)14-27)36-15-23(31)30-26-28-9-10-35-26/h4-8,11-13H,9-10,15H2,1-3H3,(H,28,30,31). The zero-order valence-electron chi connectivity index (χ0n) is 20.0. The van der Waals surface area contributed by atoms with Crippen LogP contribution in [-0.4, -0.2) is 55.4 Å². The number of benzene rings is 2. The number of carbonyl (C=O) groups is 1. The van der Waals surface area contributed by atoms with Gasteiger partial charge in [0, 0.05) is 16.9 Å². The van der Waals surface area contributed by atoms with Gasteiger partial charge in [0.25, 0.3) is 0 Å². The average Bonchev–Trinajstić information content (AvgIpc) is 3.43. The van der Waals surface area contributed by atoms with Gasteiger partial charge in [0.05, 0.1) is 44.9 Å². The number of carbonyl (C=O) groups excluding carboxylic acids is 1. The largest absolute Gasteiger partial charge is 0.493 e. The first-order valence-corrected chi connectivity index (χ1v) is 13.0. The highest BCUT2D eigenvalue weighted by molar-refractivity contribution is 8.14. The van der Waals surface area contributed by atoms with E-state index in [0.29, 0.717) is 56.4 Å². The van der Waals surface area contributed by atoms with Crippen molar-refractivity contribution < 1.29 is 19.0 Å². The van der Waals surface area contributed by atoms with E-state index in [1.54, 1.807) is 26.4 Å². The number of nitriles is 1. The number of thioether (sulfide) groups is 2. The van der Waals surface area contributed by atoms with Gasteiger partial charge in [0.15, 0.2) is 16.7 Å². The van der Waals surface area contributed by atoms with Crippen molar-refractivity contribution in [3.05, 3.63) is 54.1 Å². The van der Waals surface area contributed by atoms with Crippen LogP contribution in [-0.2, 0) is 4.79 Å². The third-order valence-electron chi connectivity index (χ3n) is 5.32. The van der Waals surface area contributed by atoms with E-state index in [1.165, 1.54) is 30.6 Å². The lowest BCUT2D eigenvalue weighted by Gasteiger charge is -2.16. The number of nitrogens with one attached hydrogen (secondary N) is 1. The molecule has 0 aliphatic carbocycles. The van der Waals surface area contributed by atoms with Crippen LogP contribution < -0.4 is 19.5 Å². The number of methoxy groups -OCH3 is 3. The van der Waals surface area contributed by atoms with Gasteiger partial charge in [-0.1, -0.05) is 53.9 Å². The van der Waals surface area contributed by atoms with Gasteiger partial charge in [0.1, 0.15) is 11.1 Å². The second-order valence-electron chi connectivity index (χ2n) is 7.50. The molecule has 0 atom stereocenters. The van der Waals surface area contributed by atoms with E-state index in [4.69, 9.17) is 19.2 Å². The minimum absolute atomic E-state index is 0.0915. The van der Waals surface area contributed by atoms with Gasteiger partial charge >= 0.3 is 0 Å². The molecule has 2 aromatic carbocycles. The topological polar surface area (TPSA) is 106 Å². The number of amides is 1.